The third-order valence-electron chi connectivity index (χ3n) is 2.99. The summed E-state index contributed by atoms with van der Waals surface area (Å²) in [4.78, 5) is 12.9. The molecule has 0 aromatic heterocycles. The molecule has 0 saturated heterocycles. The van der Waals surface area contributed by atoms with Crippen LogP contribution >= 0.6 is 27.7 Å². The lowest BCUT2D eigenvalue weighted by Gasteiger charge is -2.08. The van der Waals surface area contributed by atoms with Crippen LogP contribution in [0.25, 0.3) is 0 Å². The van der Waals surface area contributed by atoms with Gasteiger partial charge in [-0.2, -0.15) is 0 Å². The second-order valence-corrected chi connectivity index (χ2v) is 6.81. The zero-order valence-electron chi connectivity index (χ0n) is 13.5. The van der Waals surface area contributed by atoms with Crippen molar-refractivity contribution in [3.05, 3.63) is 53.0 Å². The van der Waals surface area contributed by atoms with E-state index in [1.165, 1.54) is 11.8 Å². The normalized spacial score (nSPS) is 10.2. The number of amides is 1. The summed E-state index contributed by atoms with van der Waals surface area (Å²) >= 11 is 4.89. The van der Waals surface area contributed by atoms with E-state index < -0.39 is 0 Å². The number of rotatable bonds is 9. The standard InChI is InChI=1S/C18H20BrNO3S/c1-2-22-15-6-8-17(9-7-15)24-13-18(21)20-10-11-23-16-5-3-4-14(19)12-16/h3-9,12H,2,10-11,13H2,1H3,(H,20,21). The molecule has 24 heavy (non-hydrogen) atoms. The Balaban J connectivity index is 1.62. The first-order valence-corrected chi connectivity index (χ1v) is 9.46. The third kappa shape index (κ3) is 6.84. The van der Waals surface area contributed by atoms with E-state index in [2.05, 4.69) is 21.2 Å². The summed E-state index contributed by atoms with van der Waals surface area (Å²) < 4.78 is 11.9. The molecule has 0 atom stereocenters. The summed E-state index contributed by atoms with van der Waals surface area (Å²) in [6.07, 6.45) is 0. The maximum absolute atomic E-state index is 11.8. The summed E-state index contributed by atoms with van der Waals surface area (Å²) in [7, 11) is 0. The van der Waals surface area contributed by atoms with Crippen molar-refractivity contribution in [2.45, 2.75) is 11.8 Å². The Morgan fingerprint density at radius 2 is 1.92 bits per heavy atom. The zero-order valence-corrected chi connectivity index (χ0v) is 15.9. The highest BCUT2D eigenvalue weighted by molar-refractivity contribution is 9.10. The van der Waals surface area contributed by atoms with Gasteiger partial charge in [0.05, 0.1) is 18.9 Å². The number of ether oxygens (including phenoxy) is 2. The number of hydrogen-bond acceptors (Lipinski definition) is 4. The van der Waals surface area contributed by atoms with Crippen molar-refractivity contribution in [3.63, 3.8) is 0 Å². The van der Waals surface area contributed by atoms with Crippen molar-refractivity contribution in [1.82, 2.24) is 5.32 Å². The van der Waals surface area contributed by atoms with E-state index in [4.69, 9.17) is 9.47 Å². The molecule has 2 aromatic rings. The Morgan fingerprint density at radius 3 is 2.62 bits per heavy atom. The average Bonchev–Trinajstić information content (AvgIpc) is 2.58. The molecule has 2 aromatic carbocycles. The van der Waals surface area contributed by atoms with Gasteiger partial charge >= 0.3 is 0 Å². The SMILES string of the molecule is CCOc1ccc(SCC(=O)NCCOc2cccc(Br)c2)cc1. The Bertz CT molecular complexity index is 649. The number of benzene rings is 2. The Morgan fingerprint density at radius 1 is 1.12 bits per heavy atom. The average molecular weight is 410 g/mol. The molecule has 2 rings (SSSR count). The quantitative estimate of drug-likeness (QED) is 0.499. The number of carbonyl (C=O) groups is 1. The number of nitrogens with one attached hydrogen (secondary N) is 1. The van der Waals surface area contributed by atoms with Crippen molar-refractivity contribution in [1.29, 1.82) is 0 Å². The maximum atomic E-state index is 11.8. The Labute approximate surface area is 155 Å². The van der Waals surface area contributed by atoms with E-state index >= 15 is 0 Å². The first-order valence-electron chi connectivity index (χ1n) is 7.68. The minimum absolute atomic E-state index is 0.00766. The molecule has 0 saturated carbocycles. The molecule has 0 heterocycles. The smallest absolute Gasteiger partial charge is 0.230 e. The molecule has 0 radical (unpaired) electrons. The monoisotopic (exact) mass is 409 g/mol. The molecule has 1 amide bonds. The van der Waals surface area contributed by atoms with Crippen molar-refractivity contribution in [2.24, 2.45) is 0 Å². The molecule has 0 aliphatic rings. The fourth-order valence-corrected chi connectivity index (χ4v) is 3.02. The van der Waals surface area contributed by atoms with Crippen molar-refractivity contribution >= 4 is 33.6 Å². The van der Waals surface area contributed by atoms with Crippen LogP contribution in [0.2, 0.25) is 0 Å². The van der Waals surface area contributed by atoms with E-state index in [1.807, 2.05) is 55.5 Å². The molecule has 4 nitrogen and oxygen atoms in total. The van der Waals surface area contributed by atoms with Crippen LogP contribution in [0.4, 0.5) is 0 Å². The molecule has 128 valence electrons. The first kappa shape index (κ1) is 18.7. The van der Waals surface area contributed by atoms with E-state index in [0.717, 1.165) is 20.9 Å². The van der Waals surface area contributed by atoms with Gasteiger partial charge in [0.1, 0.15) is 18.1 Å². The summed E-state index contributed by atoms with van der Waals surface area (Å²) in [5, 5.41) is 2.85. The predicted octanol–water partition coefficient (Wildman–Crippen LogP) is 4.14. The molecule has 6 heteroatoms. The van der Waals surface area contributed by atoms with Crippen LogP contribution in [0.15, 0.2) is 57.9 Å². The number of carbonyl (C=O) groups excluding carboxylic acids is 1. The van der Waals surface area contributed by atoms with Gasteiger partial charge in [-0.15, -0.1) is 11.8 Å². The molecule has 0 aliphatic carbocycles. The number of halogens is 1. The fourth-order valence-electron chi connectivity index (χ4n) is 1.91. The van der Waals surface area contributed by atoms with E-state index in [1.54, 1.807) is 0 Å². The van der Waals surface area contributed by atoms with Crippen LogP contribution in [0.3, 0.4) is 0 Å². The van der Waals surface area contributed by atoms with Gasteiger partial charge in [-0.3, -0.25) is 4.79 Å². The minimum atomic E-state index is -0.00766. The lowest BCUT2D eigenvalue weighted by molar-refractivity contribution is -0.118. The molecule has 0 fully saturated rings. The van der Waals surface area contributed by atoms with Crippen LogP contribution < -0.4 is 14.8 Å². The highest BCUT2D eigenvalue weighted by Crippen LogP contribution is 2.21. The number of thioether (sulfide) groups is 1. The van der Waals surface area contributed by atoms with E-state index in [0.29, 0.717) is 25.5 Å². The van der Waals surface area contributed by atoms with Crippen LogP contribution in [-0.4, -0.2) is 31.4 Å². The van der Waals surface area contributed by atoms with Gasteiger partial charge in [0.2, 0.25) is 5.91 Å². The van der Waals surface area contributed by atoms with Crippen molar-refractivity contribution in [3.8, 4) is 11.5 Å². The molecular formula is C18H20BrNO3S. The number of hydrogen-bond donors (Lipinski definition) is 1. The second kappa shape index (κ2) is 10.3. The molecule has 0 spiro atoms. The Kier molecular flexibility index (Phi) is 7.98. The highest BCUT2D eigenvalue weighted by atomic mass is 79.9. The van der Waals surface area contributed by atoms with Gasteiger partial charge in [-0.25, -0.2) is 0 Å². The van der Waals surface area contributed by atoms with E-state index in [-0.39, 0.29) is 5.91 Å². The summed E-state index contributed by atoms with van der Waals surface area (Å²) in [5.41, 5.74) is 0. The summed E-state index contributed by atoms with van der Waals surface area (Å²) in [6, 6.07) is 15.4. The highest BCUT2D eigenvalue weighted by Gasteiger charge is 2.03. The summed E-state index contributed by atoms with van der Waals surface area (Å²) in [5.74, 6) is 2.00. The third-order valence-corrected chi connectivity index (χ3v) is 4.50. The zero-order chi connectivity index (χ0) is 17.2. The van der Waals surface area contributed by atoms with Gasteiger partial charge in [0.15, 0.2) is 0 Å². The maximum Gasteiger partial charge on any atom is 0.230 e. The van der Waals surface area contributed by atoms with Crippen LogP contribution in [0.1, 0.15) is 6.92 Å². The van der Waals surface area contributed by atoms with Gasteiger partial charge in [0.25, 0.3) is 0 Å². The topological polar surface area (TPSA) is 47.6 Å². The van der Waals surface area contributed by atoms with Crippen LogP contribution in [-0.2, 0) is 4.79 Å². The molecule has 0 bridgehead atoms. The first-order chi connectivity index (χ1) is 11.7. The summed E-state index contributed by atoms with van der Waals surface area (Å²) in [6.45, 7) is 3.52. The lowest BCUT2D eigenvalue weighted by atomic mass is 10.3. The van der Waals surface area contributed by atoms with Crippen molar-refractivity contribution < 1.29 is 14.3 Å². The minimum Gasteiger partial charge on any atom is -0.494 e. The second-order valence-electron chi connectivity index (χ2n) is 4.85. The molecular weight excluding hydrogens is 390 g/mol. The predicted molar refractivity (Wildman–Crippen MR) is 101 cm³/mol. The van der Waals surface area contributed by atoms with Crippen LogP contribution in [0, 0.1) is 0 Å². The van der Waals surface area contributed by atoms with Gasteiger partial charge < -0.3 is 14.8 Å². The van der Waals surface area contributed by atoms with E-state index in [9.17, 15) is 4.79 Å². The fraction of sp³-hybridized carbons (Fsp3) is 0.278. The molecule has 1 N–H and O–H groups in total. The molecule has 0 aliphatic heterocycles. The van der Waals surface area contributed by atoms with Crippen LogP contribution in [0.5, 0.6) is 11.5 Å². The van der Waals surface area contributed by atoms with Gasteiger partial charge in [-0.05, 0) is 49.4 Å². The molecule has 0 unspecified atom stereocenters. The Hall–Kier alpha value is -1.66. The largest absolute Gasteiger partial charge is 0.494 e. The van der Waals surface area contributed by atoms with Gasteiger partial charge in [-0.1, -0.05) is 22.0 Å². The van der Waals surface area contributed by atoms with Crippen molar-refractivity contribution in [2.75, 3.05) is 25.5 Å². The van der Waals surface area contributed by atoms with Gasteiger partial charge in [0, 0.05) is 9.37 Å². The lowest BCUT2D eigenvalue weighted by Crippen LogP contribution is -2.29.